The van der Waals surface area contributed by atoms with Gasteiger partial charge in [0.1, 0.15) is 5.75 Å². The van der Waals surface area contributed by atoms with E-state index in [2.05, 4.69) is 43.0 Å². The van der Waals surface area contributed by atoms with Crippen molar-refractivity contribution >= 4 is 0 Å². The molecule has 0 aliphatic carbocycles. The van der Waals surface area contributed by atoms with Crippen molar-refractivity contribution in [1.29, 1.82) is 0 Å². The van der Waals surface area contributed by atoms with Crippen LogP contribution in [0, 0.1) is 0 Å². The molecule has 1 aromatic carbocycles. The molecule has 0 heterocycles. The molecule has 25 heavy (non-hydrogen) atoms. The standard InChI is InChI=1S/C23H41NO/c1-4-6-8-10-12-14-20-24(19-13-11-9-7-5-2)21-22-15-17-23(25-3)18-16-22/h15-18H,4-14,19-21H2,1-3H3. The summed E-state index contributed by atoms with van der Waals surface area (Å²) in [6.45, 7) is 8.13. The van der Waals surface area contributed by atoms with Crippen molar-refractivity contribution in [2.45, 2.75) is 91.0 Å². The lowest BCUT2D eigenvalue weighted by Gasteiger charge is -2.22. The highest BCUT2D eigenvalue weighted by Crippen LogP contribution is 2.15. The molecule has 1 aromatic rings. The van der Waals surface area contributed by atoms with Crippen molar-refractivity contribution in [3.05, 3.63) is 29.8 Å². The second-order valence-corrected chi connectivity index (χ2v) is 7.31. The van der Waals surface area contributed by atoms with Crippen LogP contribution in [0.2, 0.25) is 0 Å². The Morgan fingerprint density at radius 3 is 1.64 bits per heavy atom. The zero-order valence-electron chi connectivity index (χ0n) is 17.1. The van der Waals surface area contributed by atoms with Crippen LogP contribution in [0.25, 0.3) is 0 Å². The van der Waals surface area contributed by atoms with Crippen LogP contribution < -0.4 is 4.74 Å². The number of ether oxygens (including phenoxy) is 1. The third-order valence-corrected chi connectivity index (χ3v) is 4.97. The van der Waals surface area contributed by atoms with Crippen LogP contribution in [0.5, 0.6) is 5.75 Å². The fourth-order valence-electron chi connectivity index (χ4n) is 3.31. The molecule has 1 rings (SSSR count). The molecule has 0 radical (unpaired) electrons. The molecule has 144 valence electrons. The molecule has 0 atom stereocenters. The highest BCUT2D eigenvalue weighted by molar-refractivity contribution is 5.27. The highest BCUT2D eigenvalue weighted by atomic mass is 16.5. The zero-order chi connectivity index (χ0) is 18.2. The predicted molar refractivity (Wildman–Crippen MR) is 110 cm³/mol. The fraction of sp³-hybridized carbons (Fsp3) is 0.739. The SMILES string of the molecule is CCCCCCCCN(CCCCCCC)Cc1ccc(OC)cc1. The Morgan fingerprint density at radius 2 is 1.16 bits per heavy atom. The number of unbranched alkanes of at least 4 members (excludes halogenated alkanes) is 9. The second kappa shape index (κ2) is 15.3. The first-order valence-electron chi connectivity index (χ1n) is 10.7. The van der Waals surface area contributed by atoms with Crippen molar-refractivity contribution in [3.63, 3.8) is 0 Å². The van der Waals surface area contributed by atoms with Crippen LogP contribution in [0.4, 0.5) is 0 Å². The first-order valence-corrected chi connectivity index (χ1v) is 10.7. The van der Waals surface area contributed by atoms with Crippen molar-refractivity contribution in [2.75, 3.05) is 20.2 Å². The van der Waals surface area contributed by atoms with Crippen LogP contribution in [0.15, 0.2) is 24.3 Å². The van der Waals surface area contributed by atoms with Crippen LogP contribution in [0.1, 0.15) is 90.0 Å². The lowest BCUT2D eigenvalue weighted by molar-refractivity contribution is 0.252. The normalized spacial score (nSPS) is 11.2. The second-order valence-electron chi connectivity index (χ2n) is 7.31. The number of methoxy groups -OCH3 is 1. The van der Waals surface area contributed by atoms with Crippen molar-refractivity contribution in [3.8, 4) is 5.75 Å². The van der Waals surface area contributed by atoms with E-state index in [9.17, 15) is 0 Å². The summed E-state index contributed by atoms with van der Waals surface area (Å²) in [6, 6.07) is 8.59. The lowest BCUT2D eigenvalue weighted by Crippen LogP contribution is -2.25. The van der Waals surface area contributed by atoms with Crippen LogP contribution >= 0.6 is 0 Å². The molecule has 0 saturated carbocycles. The summed E-state index contributed by atoms with van der Waals surface area (Å²) in [6.07, 6.45) is 15.1. The van der Waals surface area contributed by atoms with Crippen LogP contribution in [-0.4, -0.2) is 25.1 Å². The minimum Gasteiger partial charge on any atom is -0.497 e. The predicted octanol–water partition coefficient (Wildman–Crippen LogP) is 6.83. The maximum absolute atomic E-state index is 5.27. The van der Waals surface area contributed by atoms with Crippen molar-refractivity contribution in [1.82, 2.24) is 4.90 Å². The summed E-state index contributed by atoms with van der Waals surface area (Å²) in [5, 5.41) is 0. The number of hydrogen-bond acceptors (Lipinski definition) is 2. The van der Waals surface area contributed by atoms with E-state index >= 15 is 0 Å². The monoisotopic (exact) mass is 347 g/mol. The van der Waals surface area contributed by atoms with Crippen LogP contribution in [0.3, 0.4) is 0 Å². The maximum Gasteiger partial charge on any atom is 0.118 e. The van der Waals surface area contributed by atoms with Gasteiger partial charge in [-0.25, -0.2) is 0 Å². The minimum atomic E-state index is 0.950. The van der Waals surface area contributed by atoms with E-state index in [-0.39, 0.29) is 0 Å². The molecule has 0 fully saturated rings. The molecule has 0 bridgehead atoms. The molecule has 0 unspecified atom stereocenters. The Labute approximate surface area is 157 Å². The van der Waals surface area contributed by atoms with E-state index in [1.165, 1.54) is 89.3 Å². The van der Waals surface area contributed by atoms with Gasteiger partial charge in [-0.1, -0.05) is 83.8 Å². The topological polar surface area (TPSA) is 12.5 Å². The summed E-state index contributed by atoms with van der Waals surface area (Å²) in [7, 11) is 1.73. The minimum absolute atomic E-state index is 0.950. The van der Waals surface area contributed by atoms with Gasteiger partial charge in [0.25, 0.3) is 0 Å². The quantitative estimate of drug-likeness (QED) is 0.304. The molecule has 2 heteroatoms. The molecule has 0 aliphatic heterocycles. The summed E-state index contributed by atoms with van der Waals surface area (Å²) in [5.74, 6) is 0.950. The summed E-state index contributed by atoms with van der Waals surface area (Å²) in [5.41, 5.74) is 1.40. The van der Waals surface area contributed by atoms with E-state index in [0.717, 1.165) is 12.3 Å². The molecule has 0 N–H and O–H groups in total. The van der Waals surface area contributed by atoms with Gasteiger partial charge in [-0.2, -0.15) is 0 Å². The fourth-order valence-corrected chi connectivity index (χ4v) is 3.31. The molecule has 0 aromatic heterocycles. The van der Waals surface area contributed by atoms with Gasteiger partial charge in [-0.3, -0.25) is 4.90 Å². The molecule has 0 aliphatic rings. The third-order valence-electron chi connectivity index (χ3n) is 4.97. The Kier molecular flexibility index (Phi) is 13.4. The molecule has 0 saturated heterocycles. The van der Waals surface area contributed by atoms with Gasteiger partial charge in [0.15, 0.2) is 0 Å². The van der Waals surface area contributed by atoms with E-state index in [1.807, 2.05) is 0 Å². The van der Waals surface area contributed by atoms with Crippen molar-refractivity contribution in [2.24, 2.45) is 0 Å². The summed E-state index contributed by atoms with van der Waals surface area (Å²) in [4.78, 5) is 2.66. The van der Waals surface area contributed by atoms with Gasteiger partial charge in [-0.15, -0.1) is 0 Å². The average molecular weight is 348 g/mol. The Morgan fingerprint density at radius 1 is 0.680 bits per heavy atom. The Hall–Kier alpha value is -1.02. The lowest BCUT2D eigenvalue weighted by atomic mass is 10.1. The average Bonchev–Trinajstić information content (AvgIpc) is 2.64. The first-order chi connectivity index (χ1) is 12.3. The number of hydrogen-bond donors (Lipinski definition) is 0. The zero-order valence-corrected chi connectivity index (χ0v) is 17.1. The van der Waals surface area contributed by atoms with Gasteiger partial charge in [0, 0.05) is 6.54 Å². The molecule has 0 amide bonds. The van der Waals surface area contributed by atoms with Gasteiger partial charge < -0.3 is 4.74 Å². The largest absolute Gasteiger partial charge is 0.497 e. The molecule has 2 nitrogen and oxygen atoms in total. The molecular formula is C23H41NO. The number of rotatable bonds is 16. The smallest absolute Gasteiger partial charge is 0.118 e. The number of nitrogens with zero attached hydrogens (tertiary/aromatic N) is 1. The maximum atomic E-state index is 5.27. The van der Waals surface area contributed by atoms with Gasteiger partial charge in [0.2, 0.25) is 0 Å². The molecular weight excluding hydrogens is 306 g/mol. The highest BCUT2D eigenvalue weighted by Gasteiger charge is 2.06. The van der Waals surface area contributed by atoms with Crippen LogP contribution in [-0.2, 0) is 6.54 Å². The van der Waals surface area contributed by atoms with Gasteiger partial charge in [-0.05, 0) is 43.6 Å². The summed E-state index contributed by atoms with van der Waals surface area (Å²) < 4.78 is 5.27. The molecule has 0 spiro atoms. The van der Waals surface area contributed by atoms with Crippen molar-refractivity contribution < 1.29 is 4.74 Å². The van der Waals surface area contributed by atoms with Gasteiger partial charge in [0.05, 0.1) is 7.11 Å². The Bertz CT molecular complexity index is 401. The van der Waals surface area contributed by atoms with E-state index < -0.39 is 0 Å². The summed E-state index contributed by atoms with van der Waals surface area (Å²) >= 11 is 0. The van der Waals surface area contributed by atoms with E-state index in [4.69, 9.17) is 4.74 Å². The van der Waals surface area contributed by atoms with E-state index in [1.54, 1.807) is 7.11 Å². The third kappa shape index (κ3) is 11.3. The first kappa shape index (κ1) is 22.0. The van der Waals surface area contributed by atoms with Gasteiger partial charge >= 0.3 is 0 Å². The van der Waals surface area contributed by atoms with E-state index in [0.29, 0.717) is 0 Å². The Balaban J connectivity index is 2.37. The number of benzene rings is 1.